The Morgan fingerprint density at radius 1 is 1.03 bits per heavy atom. The molecule has 31 heavy (non-hydrogen) atoms. The van der Waals surface area contributed by atoms with Crippen LogP contribution in [0, 0.1) is 0 Å². The van der Waals surface area contributed by atoms with E-state index in [1.807, 2.05) is 13.8 Å². The molecule has 0 spiro atoms. The fourth-order valence-electron chi connectivity index (χ4n) is 2.83. The molecule has 0 aliphatic heterocycles. The van der Waals surface area contributed by atoms with Crippen molar-refractivity contribution in [3.63, 3.8) is 0 Å². The first-order chi connectivity index (χ1) is 14.7. The molecule has 2 rings (SSSR count). The van der Waals surface area contributed by atoms with Crippen LogP contribution in [0.25, 0.3) is 6.08 Å². The standard InChI is InChI=1S/C22H26ClN3O4S/c1-4-24-31(29,30)18-11-7-16(8-12-18)9-14-21(27)25-17-10-13-19(20(23)15-17)22(28)26(5-2)6-3/h7-15,24H,4-6H2,1-3H3,(H,25,27)/b14-9+. The summed E-state index contributed by atoms with van der Waals surface area (Å²) in [5.41, 5.74) is 1.51. The van der Waals surface area contributed by atoms with Crippen LogP contribution in [0.15, 0.2) is 53.4 Å². The zero-order valence-electron chi connectivity index (χ0n) is 17.7. The molecule has 166 valence electrons. The number of amides is 2. The largest absolute Gasteiger partial charge is 0.339 e. The molecule has 0 radical (unpaired) electrons. The minimum absolute atomic E-state index is 0.157. The van der Waals surface area contributed by atoms with Gasteiger partial charge in [-0.25, -0.2) is 13.1 Å². The molecular formula is C22H26ClN3O4S. The van der Waals surface area contributed by atoms with E-state index in [-0.39, 0.29) is 21.7 Å². The van der Waals surface area contributed by atoms with Gasteiger partial charge in [0.1, 0.15) is 0 Å². The average molecular weight is 464 g/mol. The van der Waals surface area contributed by atoms with Crippen LogP contribution >= 0.6 is 11.6 Å². The van der Waals surface area contributed by atoms with Gasteiger partial charge in [0.2, 0.25) is 15.9 Å². The number of nitrogens with zero attached hydrogens (tertiary/aromatic N) is 1. The molecule has 2 aromatic rings. The fourth-order valence-corrected chi connectivity index (χ4v) is 4.14. The summed E-state index contributed by atoms with van der Waals surface area (Å²) in [4.78, 5) is 26.5. The van der Waals surface area contributed by atoms with Crippen LogP contribution in [0.1, 0.15) is 36.7 Å². The number of sulfonamides is 1. The molecule has 0 fully saturated rings. The Labute approximate surface area is 188 Å². The van der Waals surface area contributed by atoms with E-state index in [9.17, 15) is 18.0 Å². The van der Waals surface area contributed by atoms with Crippen molar-refractivity contribution in [2.45, 2.75) is 25.7 Å². The van der Waals surface area contributed by atoms with Crippen molar-refractivity contribution >= 4 is 45.2 Å². The molecule has 0 aromatic heterocycles. The summed E-state index contributed by atoms with van der Waals surface area (Å²) in [5.74, 6) is -0.546. The van der Waals surface area contributed by atoms with E-state index >= 15 is 0 Å². The Hall–Kier alpha value is -2.68. The molecule has 2 N–H and O–H groups in total. The van der Waals surface area contributed by atoms with E-state index in [1.165, 1.54) is 24.3 Å². The Balaban J connectivity index is 2.05. The van der Waals surface area contributed by atoms with Crippen molar-refractivity contribution in [1.82, 2.24) is 9.62 Å². The van der Waals surface area contributed by atoms with Crippen LogP contribution in [-0.4, -0.2) is 44.8 Å². The minimum atomic E-state index is -3.51. The smallest absolute Gasteiger partial charge is 0.255 e. The lowest BCUT2D eigenvalue weighted by Crippen LogP contribution is -2.30. The van der Waals surface area contributed by atoms with Crippen LogP contribution in [0.4, 0.5) is 5.69 Å². The summed E-state index contributed by atoms with van der Waals surface area (Å²) in [7, 11) is -3.51. The first-order valence-electron chi connectivity index (χ1n) is 9.89. The molecule has 0 saturated heterocycles. The lowest BCUT2D eigenvalue weighted by molar-refractivity contribution is -0.111. The van der Waals surface area contributed by atoms with Crippen molar-refractivity contribution in [3.8, 4) is 0 Å². The molecule has 0 unspecified atom stereocenters. The van der Waals surface area contributed by atoms with Crippen LogP contribution in [-0.2, 0) is 14.8 Å². The molecule has 0 saturated carbocycles. The summed E-state index contributed by atoms with van der Waals surface area (Å²) in [6, 6.07) is 10.9. The Bertz CT molecular complexity index is 1060. The van der Waals surface area contributed by atoms with Gasteiger partial charge in [-0.15, -0.1) is 0 Å². The van der Waals surface area contributed by atoms with Gasteiger partial charge < -0.3 is 10.2 Å². The molecule has 0 heterocycles. The van der Waals surface area contributed by atoms with Crippen molar-refractivity contribution in [3.05, 3.63) is 64.7 Å². The highest BCUT2D eigenvalue weighted by atomic mass is 35.5. The van der Waals surface area contributed by atoms with Crippen LogP contribution in [0.5, 0.6) is 0 Å². The summed E-state index contributed by atoms with van der Waals surface area (Å²) >= 11 is 6.24. The van der Waals surface area contributed by atoms with Crippen molar-refractivity contribution < 1.29 is 18.0 Å². The molecule has 0 bridgehead atoms. The van der Waals surface area contributed by atoms with E-state index in [1.54, 1.807) is 42.2 Å². The number of carbonyl (C=O) groups is 2. The lowest BCUT2D eigenvalue weighted by atomic mass is 10.1. The summed E-state index contributed by atoms with van der Waals surface area (Å²) in [6.45, 7) is 6.96. The monoisotopic (exact) mass is 463 g/mol. The highest BCUT2D eigenvalue weighted by molar-refractivity contribution is 7.89. The maximum atomic E-state index is 12.4. The van der Waals surface area contributed by atoms with Crippen molar-refractivity contribution in [1.29, 1.82) is 0 Å². The fraction of sp³-hybridized carbons (Fsp3) is 0.273. The topological polar surface area (TPSA) is 95.6 Å². The summed E-state index contributed by atoms with van der Waals surface area (Å²) in [5, 5.41) is 2.95. The van der Waals surface area contributed by atoms with Gasteiger partial charge in [-0.2, -0.15) is 0 Å². The SMILES string of the molecule is CCNS(=O)(=O)c1ccc(/C=C/C(=O)Nc2ccc(C(=O)N(CC)CC)c(Cl)c2)cc1. The number of rotatable bonds is 9. The molecular weight excluding hydrogens is 438 g/mol. The Morgan fingerprint density at radius 3 is 2.23 bits per heavy atom. The number of carbonyl (C=O) groups excluding carboxylic acids is 2. The van der Waals surface area contributed by atoms with Gasteiger partial charge in [0.15, 0.2) is 0 Å². The zero-order chi connectivity index (χ0) is 23.0. The quantitative estimate of drug-likeness (QED) is 0.553. The highest BCUT2D eigenvalue weighted by Gasteiger charge is 2.16. The minimum Gasteiger partial charge on any atom is -0.339 e. The van der Waals surface area contributed by atoms with E-state index in [0.717, 1.165) is 0 Å². The molecule has 0 atom stereocenters. The second kappa shape index (κ2) is 11.1. The maximum Gasteiger partial charge on any atom is 0.255 e. The van der Waals surface area contributed by atoms with Gasteiger partial charge in [-0.1, -0.05) is 30.7 Å². The Morgan fingerprint density at radius 2 is 1.68 bits per heavy atom. The zero-order valence-corrected chi connectivity index (χ0v) is 19.3. The normalized spacial score (nSPS) is 11.5. The van der Waals surface area contributed by atoms with Crippen LogP contribution < -0.4 is 10.0 Å². The third kappa shape index (κ3) is 6.65. The first-order valence-corrected chi connectivity index (χ1v) is 11.8. The number of hydrogen-bond donors (Lipinski definition) is 2. The number of halogens is 1. The van der Waals surface area contributed by atoms with Gasteiger partial charge in [-0.3, -0.25) is 9.59 Å². The third-order valence-electron chi connectivity index (χ3n) is 4.47. The second-order valence-electron chi connectivity index (χ2n) is 6.57. The maximum absolute atomic E-state index is 12.4. The number of anilines is 1. The molecule has 0 aliphatic rings. The van der Waals surface area contributed by atoms with Gasteiger partial charge in [0.25, 0.3) is 5.91 Å². The molecule has 7 nitrogen and oxygen atoms in total. The average Bonchev–Trinajstić information content (AvgIpc) is 2.73. The summed E-state index contributed by atoms with van der Waals surface area (Å²) < 4.78 is 26.3. The molecule has 2 aromatic carbocycles. The van der Waals surface area contributed by atoms with Gasteiger partial charge in [-0.05, 0) is 55.8 Å². The van der Waals surface area contributed by atoms with E-state index in [2.05, 4.69) is 10.0 Å². The number of benzene rings is 2. The van der Waals surface area contributed by atoms with Crippen molar-refractivity contribution in [2.75, 3.05) is 25.0 Å². The Kier molecular flexibility index (Phi) is 8.79. The van der Waals surface area contributed by atoms with E-state index in [0.29, 0.717) is 36.4 Å². The van der Waals surface area contributed by atoms with Crippen molar-refractivity contribution in [2.24, 2.45) is 0 Å². The number of hydrogen-bond acceptors (Lipinski definition) is 4. The highest BCUT2D eigenvalue weighted by Crippen LogP contribution is 2.22. The van der Waals surface area contributed by atoms with Crippen LogP contribution in [0.3, 0.4) is 0 Å². The second-order valence-corrected chi connectivity index (χ2v) is 8.74. The predicted molar refractivity (Wildman–Crippen MR) is 124 cm³/mol. The first kappa shape index (κ1) is 24.6. The summed E-state index contributed by atoms with van der Waals surface area (Å²) in [6.07, 6.45) is 2.90. The lowest BCUT2D eigenvalue weighted by Gasteiger charge is -2.19. The third-order valence-corrected chi connectivity index (χ3v) is 6.34. The predicted octanol–water partition coefficient (Wildman–Crippen LogP) is 3.77. The van der Waals surface area contributed by atoms with Crippen LogP contribution in [0.2, 0.25) is 5.02 Å². The van der Waals surface area contributed by atoms with Gasteiger partial charge in [0, 0.05) is 31.4 Å². The van der Waals surface area contributed by atoms with Gasteiger partial charge >= 0.3 is 0 Å². The van der Waals surface area contributed by atoms with E-state index in [4.69, 9.17) is 11.6 Å². The number of nitrogens with one attached hydrogen (secondary N) is 2. The van der Waals surface area contributed by atoms with E-state index < -0.39 is 10.0 Å². The van der Waals surface area contributed by atoms with Gasteiger partial charge in [0.05, 0.1) is 15.5 Å². The molecule has 0 aliphatic carbocycles. The molecule has 2 amide bonds. The molecule has 9 heteroatoms.